The summed E-state index contributed by atoms with van der Waals surface area (Å²) < 4.78 is 0. The van der Waals surface area contributed by atoms with Crippen molar-refractivity contribution in [3.05, 3.63) is 79.9 Å². The maximum atomic E-state index is 11.3. The summed E-state index contributed by atoms with van der Waals surface area (Å²) in [4.78, 5) is 10.9. The van der Waals surface area contributed by atoms with Gasteiger partial charge in [-0.25, -0.2) is 0 Å². The number of nitro groups is 1. The first-order valence-electron chi connectivity index (χ1n) is 8.44. The molecule has 1 aliphatic carbocycles. The van der Waals surface area contributed by atoms with Crippen molar-refractivity contribution in [2.24, 2.45) is 5.92 Å². The van der Waals surface area contributed by atoms with Gasteiger partial charge in [-0.2, -0.15) is 0 Å². The smallest absolute Gasteiger partial charge is 0.288 e. The van der Waals surface area contributed by atoms with Gasteiger partial charge in [-0.05, 0) is 54.5 Å². The van der Waals surface area contributed by atoms with Crippen molar-refractivity contribution >= 4 is 23.0 Å². The van der Waals surface area contributed by atoms with Crippen LogP contribution in [0.4, 0.5) is 11.4 Å². The quantitative estimate of drug-likeness (QED) is 0.428. The molecule has 2 aliphatic rings. The molecule has 4 rings (SSSR count). The van der Waals surface area contributed by atoms with Crippen LogP contribution in [0.3, 0.4) is 0 Å². The van der Waals surface area contributed by atoms with Gasteiger partial charge in [0, 0.05) is 17.7 Å². The molecule has 0 saturated heterocycles. The number of nitrogens with one attached hydrogen (secondary N) is 1. The van der Waals surface area contributed by atoms with Crippen LogP contribution in [-0.2, 0) is 0 Å². The molecule has 0 bridgehead atoms. The van der Waals surface area contributed by atoms with E-state index in [1.807, 2.05) is 6.07 Å². The van der Waals surface area contributed by atoms with E-state index < -0.39 is 4.92 Å². The molecule has 128 valence electrons. The van der Waals surface area contributed by atoms with Crippen molar-refractivity contribution in [1.82, 2.24) is 0 Å². The lowest BCUT2D eigenvalue weighted by Gasteiger charge is -2.39. The average Bonchev–Trinajstić information content (AvgIpc) is 3.07. The first-order chi connectivity index (χ1) is 12.0. The Morgan fingerprint density at radius 2 is 1.96 bits per heavy atom. The third-order valence-corrected chi connectivity index (χ3v) is 5.79. The molecule has 0 aromatic heterocycles. The second kappa shape index (κ2) is 5.88. The Morgan fingerprint density at radius 1 is 1.20 bits per heavy atom. The minimum Gasteiger partial charge on any atom is -0.377 e. The second-order valence-electron chi connectivity index (χ2n) is 6.93. The molecule has 0 fully saturated rings. The standard InChI is InChI=1S/C20H19ClN2O2/c1-11-6-7-12(2)19-18(11)14-4-3-5-15(14)20(22-19)13-8-9-16(21)17(10-13)23(24)25/h3-4,6-10,14-15,20,22H,5H2,1-2H3/t14-,15+,20-/m1/s1. The lowest BCUT2D eigenvalue weighted by molar-refractivity contribution is -0.384. The number of aryl methyl sites for hydroxylation is 2. The summed E-state index contributed by atoms with van der Waals surface area (Å²) in [5.41, 5.74) is 5.90. The Kier molecular flexibility index (Phi) is 3.80. The Hall–Kier alpha value is -2.33. The molecule has 4 nitrogen and oxygen atoms in total. The molecule has 5 heteroatoms. The minimum atomic E-state index is -0.414. The third kappa shape index (κ3) is 2.52. The van der Waals surface area contributed by atoms with Crippen LogP contribution in [0.1, 0.15) is 40.6 Å². The van der Waals surface area contributed by atoms with Crippen LogP contribution in [0.25, 0.3) is 0 Å². The number of halogens is 1. The number of fused-ring (bicyclic) bond motifs is 3. The van der Waals surface area contributed by atoms with Crippen LogP contribution < -0.4 is 5.32 Å². The maximum Gasteiger partial charge on any atom is 0.288 e. The van der Waals surface area contributed by atoms with Gasteiger partial charge >= 0.3 is 0 Å². The van der Waals surface area contributed by atoms with E-state index >= 15 is 0 Å². The molecular formula is C20H19ClN2O2. The summed E-state index contributed by atoms with van der Waals surface area (Å²) in [5.74, 6) is 0.699. The van der Waals surface area contributed by atoms with Crippen molar-refractivity contribution in [2.75, 3.05) is 5.32 Å². The number of allylic oxidation sites excluding steroid dienone is 2. The largest absolute Gasteiger partial charge is 0.377 e. The fraction of sp³-hybridized carbons (Fsp3) is 0.300. The average molecular weight is 355 g/mol. The summed E-state index contributed by atoms with van der Waals surface area (Å²) in [7, 11) is 0. The van der Waals surface area contributed by atoms with E-state index in [1.54, 1.807) is 12.1 Å². The van der Waals surface area contributed by atoms with Gasteiger partial charge in [0.2, 0.25) is 0 Å². The monoisotopic (exact) mass is 354 g/mol. The van der Waals surface area contributed by atoms with Gasteiger partial charge in [0.15, 0.2) is 0 Å². The van der Waals surface area contributed by atoms with Crippen LogP contribution in [0.15, 0.2) is 42.5 Å². The van der Waals surface area contributed by atoms with Gasteiger partial charge in [-0.15, -0.1) is 0 Å². The van der Waals surface area contributed by atoms with Crippen molar-refractivity contribution in [1.29, 1.82) is 0 Å². The predicted molar refractivity (Wildman–Crippen MR) is 100 cm³/mol. The van der Waals surface area contributed by atoms with Gasteiger partial charge < -0.3 is 5.32 Å². The zero-order valence-electron chi connectivity index (χ0n) is 14.1. The molecule has 2 aromatic carbocycles. The SMILES string of the molecule is Cc1ccc(C)c2c1N[C@H](c1ccc(Cl)c([N+](=O)[O-])c1)[C@H]1CC=C[C@@H]21. The highest BCUT2D eigenvalue weighted by molar-refractivity contribution is 6.32. The van der Waals surface area contributed by atoms with Gasteiger partial charge in [0.25, 0.3) is 5.69 Å². The molecule has 3 atom stereocenters. The minimum absolute atomic E-state index is 0.0315. The molecule has 0 saturated carbocycles. The van der Waals surface area contributed by atoms with E-state index in [4.69, 9.17) is 11.6 Å². The number of hydrogen-bond donors (Lipinski definition) is 1. The summed E-state index contributed by atoms with van der Waals surface area (Å²) in [6, 6.07) is 9.48. The maximum absolute atomic E-state index is 11.3. The highest BCUT2D eigenvalue weighted by Crippen LogP contribution is 2.52. The molecule has 0 unspecified atom stereocenters. The number of nitro benzene ring substituents is 1. The zero-order valence-corrected chi connectivity index (χ0v) is 14.9. The topological polar surface area (TPSA) is 55.2 Å². The summed E-state index contributed by atoms with van der Waals surface area (Å²) in [6.45, 7) is 4.25. The molecule has 0 spiro atoms. The van der Waals surface area contributed by atoms with Crippen LogP contribution in [0, 0.1) is 29.9 Å². The first-order valence-corrected chi connectivity index (χ1v) is 8.82. The van der Waals surface area contributed by atoms with E-state index in [1.165, 1.54) is 16.7 Å². The molecule has 0 radical (unpaired) electrons. The third-order valence-electron chi connectivity index (χ3n) is 5.47. The van der Waals surface area contributed by atoms with E-state index in [9.17, 15) is 10.1 Å². The second-order valence-corrected chi connectivity index (χ2v) is 7.34. The van der Waals surface area contributed by atoms with Crippen molar-refractivity contribution in [2.45, 2.75) is 32.2 Å². The Morgan fingerprint density at radius 3 is 2.72 bits per heavy atom. The summed E-state index contributed by atoms with van der Waals surface area (Å²) >= 11 is 5.99. The predicted octanol–water partition coefficient (Wildman–Crippen LogP) is 5.69. The lowest BCUT2D eigenvalue weighted by atomic mass is 9.75. The molecular weight excluding hydrogens is 336 g/mol. The zero-order chi connectivity index (χ0) is 17.7. The number of benzene rings is 2. The number of anilines is 1. The van der Waals surface area contributed by atoms with Crippen LogP contribution in [-0.4, -0.2) is 4.92 Å². The van der Waals surface area contributed by atoms with Gasteiger partial charge in [-0.3, -0.25) is 10.1 Å². The Balaban J connectivity index is 1.84. The van der Waals surface area contributed by atoms with Crippen LogP contribution in [0.5, 0.6) is 0 Å². The molecule has 25 heavy (non-hydrogen) atoms. The van der Waals surface area contributed by atoms with Gasteiger partial charge in [0.05, 0.1) is 11.0 Å². The molecule has 1 aliphatic heterocycles. The molecule has 2 aromatic rings. The highest BCUT2D eigenvalue weighted by atomic mass is 35.5. The van der Waals surface area contributed by atoms with E-state index in [-0.39, 0.29) is 16.8 Å². The number of rotatable bonds is 2. The van der Waals surface area contributed by atoms with Gasteiger partial charge in [0.1, 0.15) is 5.02 Å². The number of hydrogen-bond acceptors (Lipinski definition) is 3. The Bertz CT molecular complexity index is 907. The summed E-state index contributed by atoms with van der Waals surface area (Å²) in [6.07, 6.45) is 5.48. The summed E-state index contributed by atoms with van der Waals surface area (Å²) in [5, 5.41) is 15.1. The van der Waals surface area contributed by atoms with Crippen molar-refractivity contribution in [3.8, 4) is 0 Å². The highest BCUT2D eigenvalue weighted by Gasteiger charge is 2.39. The first kappa shape index (κ1) is 16.2. The molecule has 0 amide bonds. The van der Waals surface area contributed by atoms with E-state index in [2.05, 4.69) is 43.4 Å². The fourth-order valence-corrected chi connectivity index (χ4v) is 4.42. The fourth-order valence-electron chi connectivity index (χ4n) is 4.24. The van der Waals surface area contributed by atoms with Crippen LogP contribution in [0.2, 0.25) is 5.02 Å². The number of nitrogens with zero attached hydrogens (tertiary/aromatic N) is 1. The van der Waals surface area contributed by atoms with Crippen LogP contribution >= 0.6 is 11.6 Å². The van der Waals surface area contributed by atoms with E-state index in [0.29, 0.717) is 11.8 Å². The van der Waals surface area contributed by atoms with Crippen molar-refractivity contribution < 1.29 is 4.92 Å². The van der Waals surface area contributed by atoms with E-state index in [0.717, 1.165) is 17.7 Å². The van der Waals surface area contributed by atoms with Gasteiger partial charge in [-0.1, -0.05) is 42.0 Å². The molecule has 1 N–H and O–H groups in total. The normalized spacial score (nSPS) is 23.7. The Labute approximate surface area is 151 Å². The molecule has 1 heterocycles. The lowest BCUT2D eigenvalue weighted by Crippen LogP contribution is -2.30. The van der Waals surface area contributed by atoms with Crippen molar-refractivity contribution in [3.63, 3.8) is 0 Å².